The van der Waals surface area contributed by atoms with Crippen molar-refractivity contribution < 1.29 is 22.7 Å². The summed E-state index contributed by atoms with van der Waals surface area (Å²) in [6.07, 6.45) is 2.61. The molecule has 31 heavy (non-hydrogen) atoms. The molecule has 1 aliphatic heterocycles. The lowest BCUT2D eigenvalue weighted by atomic mass is 9.98. The number of rotatable bonds is 4. The van der Waals surface area contributed by atoms with Crippen molar-refractivity contribution >= 4 is 32.7 Å². The van der Waals surface area contributed by atoms with E-state index in [9.17, 15) is 18.0 Å². The number of nitrogens with one attached hydrogen (secondary N) is 1. The normalized spacial score (nSPS) is 14.4. The molecular weight excluding hydrogens is 418 g/mol. The molecule has 2 amide bonds. The zero-order valence-electron chi connectivity index (χ0n) is 16.9. The van der Waals surface area contributed by atoms with Crippen LogP contribution in [0, 0.1) is 0 Å². The highest BCUT2D eigenvalue weighted by Gasteiger charge is 2.19. The van der Waals surface area contributed by atoms with Crippen molar-refractivity contribution in [3.8, 4) is 11.1 Å². The van der Waals surface area contributed by atoms with Gasteiger partial charge in [-0.15, -0.1) is 0 Å². The number of hydrogen-bond acceptors (Lipinski definition) is 6. The summed E-state index contributed by atoms with van der Waals surface area (Å²) in [5, 5.41) is 0.815. The number of pyridine rings is 1. The van der Waals surface area contributed by atoms with Crippen LogP contribution in [0.15, 0.2) is 54.7 Å². The van der Waals surface area contributed by atoms with Crippen molar-refractivity contribution in [1.82, 2.24) is 14.6 Å². The molecule has 1 aliphatic rings. The fourth-order valence-electron chi connectivity index (χ4n) is 3.51. The van der Waals surface area contributed by atoms with Crippen molar-refractivity contribution in [3.05, 3.63) is 65.9 Å². The van der Waals surface area contributed by atoms with Crippen LogP contribution in [-0.4, -0.2) is 62.7 Å². The quantitative estimate of drug-likeness (QED) is 0.667. The van der Waals surface area contributed by atoms with E-state index in [1.165, 1.54) is 0 Å². The third-order valence-electron chi connectivity index (χ3n) is 5.02. The van der Waals surface area contributed by atoms with Crippen molar-refractivity contribution in [1.29, 1.82) is 0 Å². The Labute approximate surface area is 179 Å². The number of fused-ring (bicyclic) bond motifs is 1. The van der Waals surface area contributed by atoms with Gasteiger partial charge in [-0.3, -0.25) is 14.6 Å². The van der Waals surface area contributed by atoms with Gasteiger partial charge in [0.1, 0.15) is 0 Å². The molecule has 0 radical (unpaired) electrons. The van der Waals surface area contributed by atoms with Crippen molar-refractivity contribution in [2.75, 3.05) is 32.6 Å². The Kier molecular flexibility index (Phi) is 5.71. The molecule has 1 fully saturated rings. The molecule has 0 saturated carbocycles. The van der Waals surface area contributed by atoms with E-state index in [1.807, 2.05) is 22.9 Å². The third kappa shape index (κ3) is 4.73. The summed E-state index contributed by atoms with van der Waals surface area (Å²) >= 11 is 0. The first kappa shape index (κ1) is 21.0. The second-order valence-corrected chi connectivity index (χ2v) is 9.02. The van der Waals surface area contributed by atoms with Crippen LogP contribution in [0.25, 0.3) is 22.0 Å². The van der Waals surface area contributed by atoms with Gasteiger partial charge in [-0.25, -0.2) is 13.1 Å². The average Bonchev–Trinajstić information content (AvgIpc) is 2.77. The first-order chi connectivity index (χ1) is 14.8. The van der Waals surface area contributed by atoms with E-state index in [4.69, 9.17) is 4.74 Å². The highest BCUT2D eigenvalue weighted by atomic mass is 32.2. The van der Waals surface area contributed by atoms with Crippen LogP contribution in [0.1, 0.15) is 20.7 Å². The van der Waals surface area contributed by atoms with Gasteiger partial charge in [0, 0.05) is 35.8 Å². The number of carbonyl (C=O) groups is 2. The number of amides is 2. The standard InChI is InChI=1S/C22H21N3O5S/c1-31(28,29)24-21(26)16-4-2-15(3-5-16)18-8-9-23-20-7-6-17(14-19(18)20)22(27)25-10-12-30-13-11-25/h2-9,14H,10-13H2,1H3,(H,24,26). The van der Waals surface area contributed by atoms with E-state index in [1.54, 1.807) is 41.4 Å². The highest BCUT2D eigenvalue weighted by Crippen LogP contribution is 2.29. The van der Waals surface area contributed by atoms with Crippen molar-refractivity contribution in [2.45, 2.75) is 0 Å². The second kappa shape index (κ2) is 8.44. The summed E-state index contributed by atoms with van der Waals surface area (Å²) in [6.45, 7) is 2.19. The zero-order valence-corrected chi connectivity index (χ0v) is 17.7. The number of sulfonamides is 1. The molecule has 8 nitrogen and oxygen atoms in total. The van der Waals surface area contributed by atoms with Crippen LogP contribution >= 0.6 is 0 Å². The number of morpholine rings is 1. The van der Waals surface area contributed by atoms with Gasteiger partial charge in [-0.05, 0) is 47.5 Å². The zero-order chi connectivity index (χ0) is 22.0. The fourth-order valence-corrected chi connectivity index (χ4v) is 3.96. The Balaban J connectivity index is 1.67. The average molecular weight is 439 g/mol. The smallest absolute Gasteiger partial charge is 0.264 e. The van der Waals surface area contributed by atoms with Crippen molar-refractivity contribution in [3.63, 3.8) is 0 Å². The molecule has 0 aliphatic carbocycles. The third-order valence-corrected chi connectivity index (χ3v) is 5.58. The maximum absolute atomic E-state index is 12.9. The Morgan fingerprint density at radius 2 is 1.68 bits per heavy atom. The first-order valence-corrected chi connectivity index (χ1v) is 11.6. The molecule has 0 unspecified atom stereocenters. The van der Waals surface area contributed by atoms with Crippen LogP contribution in [0.5, 0.6) is 0 Å². The monoisotopic (exact) mass is 439 g/mol. The Hall–Kier alpha value is -3.30. The summed E-state index contributed by atoms with van der Waals surface area (Å²) in [7, 11) is -3.64. The number of aromatic nitrogens is 1. The lowest BCUT2D eigenvalue weighted by Gasteiger charge is -2.27. The van der Waals surface area contributed by atoms with E-state index in [2.05, 4.69) is 4.98 Å². The van der Waals surface area contributed by atoms with Crippen LogP contribution < -0.4 is 4.72 Å². The Bertz CT molecular complexity index is 1250. The number of hydrogen-bond donors (Lipinski definition) is 1. The van der Waals surface area contributed by atoms with Crippen molar-refractivity contribution in [2.24, 2.45) is 0 Å². The maximum Gasteiger partial charge on any atom is 0.264 e. The highest BCUT2D eigenvalue weighted by molar-refractivity contribution is 7.89. The lowest BCUT2D eigenvalue weighted by Crippen LogP contribution is -2.40. The SMILES string of the molecule is CS(=O)(=O)NC(=O)c1ccc(-c2ccnc3ccc(C(=O)N4CCOCC4)cc23)cc1. The fraction of sp³-hybridized carbons (Fsp3) is 0.227. The Morgan fingerprint density at radius 1 is 1.00 bits per heavy atom. The second-order valence-electron chi connectivity index (χ2n) is 7.28. The summed E-state index contributed by atoms with van der Waals surface area (Å²) in [5.41, 5.74) is 3.23. The lowest BCUT2D eigenvalue weighted by molar-refractivity contribution is 0.0303. The van der Waals surface area contributed by atoms with Gasteiger partial charge in [0.15, 0.2) is 0 Å². The number of carbonyl (C=O) groups excluding carboxylic acids is 2. The van der Waals surface area contributed by atoms with E-state index >= 15 is 0 Å². The molecule has 3 aromatic rings. The summed E-state index contributed by atoms with van der Waals surface area (Å²) in [6, 6.07) is 13.9. The number of benzene rings is 2. The molecule has 2 heterocycles. The van der Waals surface area contributed by atoms with E-state index in [0.717, 1.165) is 28.3 Å². The molecule has 0 bridgehead atoms. The van der Waals surface area contributed by atoms with Gasteiger partial charge in [0.25, 0.3) is 11.8 Å². The number of ether oxygens (including phenoxy) is 1. The minimum Gasteiger partial charge on any atom is -0.378 e. The van der Waals surface area contributed by atoms with Crippen LogP contribution in [0.4, 0.5) is 0 Å². The summed E-state index contributed by atoms with van der Waals surface area (Å²) in [5.74, 6) is -0.736. The molecule has 0 spiro atoms. The summed E-state index contributed by atoms with van der Waals surface area (Å²) in [4.78, 5) is 31.1. The maximum atomic E-state index is 12.9. The van der Waals surface area contributed by atoms with Gasteiger partial charge in [-0.2, -0.15) is 0 Å². The largest absolute Gasteiger partial charge is 0.378 e. The molecule has 0 atom stereocenters. The molecule has 1 saturated heterocycles. The van der Waals surface area contributed by atoms with Gasteiger partial charge in [0.05, 0.1) is 25.0 Å². The molecule has 9 heteroatoms. The molecule has 2 aromatic carbocycles. The van der Waals surface area contributed by atoms with E-state index < -0.39 is 15.9 Å². The molecule has 1 aromatic heterocycles. The van der Waals surface area contributed by atoms with Crippen LogP contribution in [0.2, 0.25) is 0 Å². The predicted octanol–water partition coefficient (Wildman–Crippen LogP) is 2.06. The predicted molar refractivity (Wildman–Crippen MR) is 116 cm³/mol. The minimum absolute atomic E-state index is 0.0483. The first-order valence-electron chi connectivity index (χ1n) is 9.70. The van der Waals surface area contributed by atoms with E-state index in [0.29, 0.717) is 31.9 Å². The molecule has 1 N–H and O–H groups in total. The minimum atomic E-state index is -3.64. The van der Waals surface area contributed by atoms with Gasteiger partial charge < -0.3 is 9.64 Å². The van der Waals surface area contributed by atoms with E-state index in [-0.39, 0.29) is 11.5 Å². The van der Waals surface area contributed by atoms with Gasteiger partial charge in [-0.1, -0.05) is 12.1 Å². The molecular formula is C22H21N3O5S. The number of nitrogens with zero attached hydrogens (tertiary/aromatic N) is 2. The van der Waals surface area contributed by atoms with Crippen LogP contribution in [-0.2, 0) is 14.8 Å². The summed E-state index contributed by atoms with van der Waals surface area (Å²) < 4.78 is 29.8. The van der Waals surface area contributed by atoms with Gasteiger partial charge >= 0.3 is 0 Å². The Morgan fingerprint density at radius 3 is 2.35 bits per heavy atom. The molecule has 160 valence electrons. The topological polar surface area (TPSA) is 106 Å². The van der Waals surface area contributed by atoms with Gasteiger partial charge in [0.2, 0.25) is 10.0 Å². The van der Waals surface area contributed by atoms with Crippen LogP contribution in [0.3, 0.4) is 0 Å². The molecule has 4 rings (SSSR count).